The van der Waals surface area contributed by atoms with E-state index in [1.165, 1.54) is 30.3 Å². The topological polar surface area (TPSA) is 146 Å². The van der Waals surface area contributed by atoms with Crippen LogP contribution >= 0.6 is 0 Å². The number of benzene rings is 2. The third kappa shape index (κ3) is 2.54. The van der Waals surface area contributed by atoms with Crippen molar-refractivity contribution >= 4 is 36.5 Å². The summed E-state index contributed by atoms with van der Waals surface area (Å²) in [6, 6.07) is 6.59. The summed E-state index contributed by atoms with van der Waals surface area (Å²) in [5.41, 5.74) is 5.65. The number of nitrogen functional groups attached to an aromatic ring is 1. The molecule has 0 aromatic heterocycles. The van der Waals surface area contributed by atoms with Crippen LogP contribution in [-0.4, -0.2) is 16.8 Å². The molecule has 0 saturated heterocycles. The summed E-state index contributed by atoms with van der Waals surface area (Å²) in [4.78, 5) is -0.449. The van der Waals surface area contributed by atoms with Crippen molar-refractivity contribution in [1.82, 2.24) is 0 Å². The molecule has 0 fully saturated rings. The average Bonchev–Trinajstić information content (AvgIpc) is 2.24. The molecule has 0 radical (unpaired) electrons. The number of fused-ring (bicyclic) bond motifs is 1. The van der Waals surface area contributed by atoms with Crippen LogP contribution in [0.15, 0.2) is 40.1 Å². The molecule has 7 nitrogen and oxygen atoms in total. The van der Waals surface area contributed by atoms with Crippen molar-refractivity contribution < 1.29 is 16.8 Å². The highest BCUT2D eigenvalue weighted by molar-refractivity contribution is 7.89. The fourth-order valence-corrected chi connectivity index (χ4v) is 3.36. The van der Waals surface area contributed by atoms with Gasteiger partial charge in [0.15, 0.2) is 0 Å². The van der Waals surface area contributed by atoms with Gasteiger partial charge in [-0.1, -0.05) is 12.1 Å². The smallest absolute Gasteiger partial charge is 0.238 e. The third-order valence-electron chi connectivity index (χ3n) is 2.55. The molecule has 0 aliphatic rings. The highest BCUT2D eigenvalue weighted by atomic mass is 32.2. The maximum absolute atomic E-state index is 11.5. The van der Waals surface area contributed by atoms with Crippen LogP contribution in [0, 0.1) is 0 Å². The molecular formula is C10H11N3O4S2. The predicted octanol–water partition coefficient (Wildman–Crippen LogP) is -0.283. The summed E-state index contributed by atoms with van der Waals surface area (Å²) in [5.74, 6) is 0. The molecule has 6 N–H and O–H groups in total. The Morgan fingerprint density at radius 1 is 0.789 bits per heavy atom. The van der Waals surface area contributed by atoms with Gasteiger partial charge in [0.1, 0.15) is 0 Å². The quantitative estimate of drug-likeness (QED) is 0.652. The Morgan fingerprint density at radius 2 is 1.37 bits per heavy atom. The molecule has 0 saturated carbocycles. The van der Waals surface area contributed by atoms with Crippen LogP contribution < -0.4 is 16.0 Å². The lowest BCUT2D eigenvalue weighted by atomic mass is 10.1. The summed E-state index contributed by atoms with van der Waals surface area (Å²) in [6.45, 7) is 0. The van der Waals surface area contributed by atoms with E-state index in [1.807, 2.05) is 0 Å². The molecular weight excluding hydrogens is 290 g/mol. The SMILES string of the molecule is Nc1cc(S(N)(=O)=O)c2cccc(S(N)(=O)=O)c2c1. The highest BCUT2D eigenvalue weighted by Gasteiger charge is 2.18. The van der Waals surface area contributed by atoms with E-state index < -0.39 is 20.0 Å². The Labute approximate surface area is 110 Å². The zero-order chi connectivity index (χ0) is 14.4. The second-order valence-corrected chi connectivity index (χ2v) is 7.02. The normalized spacial score (nSPS) is 12.7. The van der Waals surface area contributed by atoms with Gasteiger partial charge in [-0.3, -0.25) is 0 Å². The van der Waals surface area contributed by atoms with E-state index in [2.05, 4.69) is 0 Å². The first-order chi connectivity index (χ1) is 8.60. The van der Waals surface area contributed by atoms with Gasteiger partial charge >= 0.3 is 0 Å². The van der Waals surface area contributed by atoms with Gasteiger partial charge < -0.3 is 5.73 Å². The van der Waals surface area contributed by atoms with Crippen LogP contribution in [0.25, 0.3) is 10.8 Å². The maximum atomic E-state index is 11.5. The zero-order valence-electron chi connectivity index (χ0n) is 9.57. The Morgan fingerprint density at radius 3 is 1.89 bits per heavy atom. The lowest BCUT2D eigenvalue weighted by Crippen LogP contribution is -2.15. The highest BCUT2D eigenvalue weighted by Crippen LogP contribution is 2.29. The summed E-state index contributed by atoms with van der Waals surface area (Å²) >= 11 is 0. The molecule has 2 aromatic carbocycles. The van der Waals surface area contributed by atoms with Gasteiger partial charge in [0.2, 0.25) is 20.0 Å². The molecule has 0 heterocycles. The lowest BCUT2D eigenvalue weighted by Gasteiger charge is -2.09. The van der Waals surface area contributed by atoms with E-state index in [0.29, 0.717) is 0 Å². The molecule has 102 valence electrons. The Kier molecular flexibility index (Phi) is 3.01. The second-order valence-electron chi connectivity index (χ2n) is 3.96. The van der Waals surface area contributed by atoms with Gasteiger partial charge in [-0.05, 0) is 18.2 Å². The van der Waals surface area contributed by atoms with Crippen molar-refractivity contribution in [2.75, 3.05) is 5.73 Å². The predicted molar refractivity (Wildman–Crippen MR) is 71.1 cm³/mol. The molecule has 0 aliphatic heterocycles. The summed E-state index contributed by atoms with van der Waals surface area (Å²) in [5, 5.41) is 10.4. The monoisotopic (exact) mass is 301 g/mol. The van der Waals surface area contributed by atoms with E-state index in [9.17, 15) is 16.8 Å². The van der Waals surface area contributed by atoms with Crippen LogP contribution in [0.2, 0.25) is 0 Å². The molecule has 0 atom stereocenters. The summed E-state index contributed by atoms with van der Waals surface area (Å²) in [6.07, 6.45) is 0. The molecule has 9 heteroatoms. The number of anilines is 1. The molecule has 2 rings (SSSR count). The fraction of sp³-hybridized carbons (Fsp3) is 0. The standard InChI is InChI=1S/C10H11N3O4S2/c11-6-4-8-7(10(5-6)19(13,16)17)2-1-3-9(8)18(12,14)15/h1-5H,11H2,(H2,12,14,15)(H2,13,16,17). The van der Waals surface area contributed by atoms with Gasteiger partial charge in [0.25, 0.3) is 0 Å². The molecule has 19 heavy (non-hydrogen) atoms. The van der Waals surface area contributed by atoms with Crippen molar-refractivity contribution in [2.45, 2.75) is 9.79 Å². The van der Waals surface area contributed by atoms with E-state index in [1.54, 1.807) is 0 Å². The average molecular weight is 301 g/mol. The number of hydrogen-bond acceptors (Lipinski definition) is 5. The van der Waals surface area contributed by atoms with Crippen molar-refractivity contribution in [1.29, 1.82) is 0 Å². The van der Waals surface area contributed by atoms with Crippen LogP contribution in [-0.2, 0) is 20.0 Å². The van der Waals surface area contributed by atoms with Crippen molar-refractivity contribution in [2.24, 2.45) is 10.3 Å². The zero-order valence-corrected chi connectivity index (χ0v) is 11.2. The van der Waals surface area contributed by atoms with Crippen molar-refractivity contribution in [3.05, 3.63) is 30.3 Å². The van der Waals surface area contributed by atoms with Gasteiger partial charge in [0.05, 0.1) is 9.79 Å². The molecule has 0 bridgehead atoms. The van der Waals surface area contributed by atoms with E-state index >= 15 is 0 Å². The first kappa shape index (κ1) is 13.7. The number of nitrogens with two attached hydrogens (primary N) is 3. The van der Waals surface area contributed by atoms with Crippen LogP contribution in [0.1, 0.15) is 0 Å². The Balaban J connectivity index is 3.07. The minimum Gasteiger partial charge on any atom is -0.399 e. The molecule has 0 spiro atoms. The largest absolute Gasteiger partial charge is 0.399 e. The number of hydrogen-bond donors (Lipinski definition) is 3. The van der Waals surface area contributed by atoms with E-state index in [0.717, 1.165) is 0 Å². The van der Waals surface area contributed by atoms with Crippen molar-refractivity contribution in [3.63, 3.8) is 0 Å². The number of sulfonamides is 2. The van der Waals surface area contributed by atoms with E-state index in [-0.39, 0.29) is 26.3 Å². The third-order valence-corrected chi connectivity index (χ3v) is 4.47. The van der Waals surface area contributed by atoms with Gasteiger partial charge in [0, 0.05) is 16.5 Å². The molecule has 0 amide bonds. The van der Waals surface area contributed by atoms with Crippen LogP contribution in [0.3, 0.4) is 0 Å². The summed E-state index contributed by atoms with van der Waals surface area (Å²) < 4.78 is 46.0. The van der Waals surface area contributed by atoms with Crippen LogP contribution in [0.4, 0.5) is 5.69 Å². The number of primary sulfonamides is 2. The van der Waals surface area contributed by atoms with E-state index in [4.69, 9.17) is 16.0 Å². The first-order valence-corrected chi connectivity index (χ1v) is 8.08. The minimum absolute atomic E-state index is 0.0765. The van der Waals surface area contributed by atoms with Gasteiger partial charge in [-0.15, -0.1) is 0 Å². The van der Waals surface area contributed by atoms with Gasteiger partial charge in [-0.25, -0.2) is 27.1 Å². The molecule has 0 unspecified atom stereocenters. The fourth-order valence-electron chi connectivity index (χ4n) is 1.83. The lowest BCUT2D eigenvalue weighted by molar-refractivity contribution is 0.596. The molecule has 0 aliphatic carbocycles. The second kappa shape index (κ2) is 4.17. The Hall–Kier alpha value is -1.68. The summed E-state index contributed by atoms with van der Waals surface area (Å²) in [7, 11) is -8.03. The Bertz CT molecular complexity index is 873. The minimum atomic E-state index is -4.03. The number of rotatable bonds is 2. The first-order valence-electron chi connectivity index (χ1n) is 4.98. The van der Waals surface area contributed by atoms with Crippen molar-refractivity contribution in [3.8, 4) is 0 Å². The van der Waals surface area contributed by atoms with Crippen LogP contribution in [0.5, 0.6) is 0 Å². The van der Waals surface area contributed by atoms with Gasteiger partial charge in [-0.2, -0.15) is 0 Å². The molecule has 2 aromatic rings. The maximum Gasteiger partial charge on any atom is 0.238 e.